The minimum Gasteiger partial charge on any atom is -0.477 e. The number of rotatable bonds is 8. The van der Waals surface area contributed by atoms with Gasteiger partial charge in [0.15, 0.2) is 5.69 Å². The Kier molecular flexibility index (Phi) is 8.21. The maximum Gasteiger partial charge on any atom is 0.434 e. The number of benzene rings is 1. The molecular formula is C26H25F3N6O4S. The van der Waals surface area contributed by atoms with Crippen LogP contribution in [-0.4, -0.2) is 63.7 Å². The van der Waals surface area contributed by atoms with Crippen LogP contribution in [0.25, 0.3) is 32.6 Å². The molecule has 3 heterocycles. The lowest BCUT2D eigenvalue weighted by atomic mass is 9.99. The van der Waals surface area contributed by atoms with Gasteiger partial charge in [-0.05, 0) is 44.8 Å². The topological polar surface area (TPSA) is 129 Å². The predicted octanol–water partition coefficient (Wildman–Crippen LogP) is 4.61. The van der Waals surface area contributed by atoms with Crippen LogP contribution in [0.15, 0.2) is 46.8 Å². The van der Waals surface area contributed by atoms with Gasteiger partial charge in [-0.25, -0.2) is 19.6 Å². The number of carbonyl (C=O) groups excluding carboxylic acids is 1. The summed E-state index contributed by atoms with van der Waals surface area (Å²) in [4.78, 5) is 46.9. The Bertz CT molecular complexity index is 1650. The third kappa shape index (κ3) is 6.13. The zero-order chi connectivity index (χ0) is 29.2. The van der Waals surface area contributed by atoms with Gasteiger partial charge in [0, 0.05) is 53.9 Å². The number of amides is 2. The Morgan fingerprint density at radius 3 is 2.55 bits per heavy atom. The van der Waals surface area contributed by atoms with E-state index in [9.17, 15) is 32.7 Å². The average molecular weight is 575 g/mol. The molecule has 0 bridgehead atoms. The molecule has 0 saturated carbocycles. The molecule has 0 aliphatic heterocycles. The third-order valence-electron chi connectivity index (χ3n) is 5.92. The molecule has 14 heteroatoms. The summed E-state index contributed by atoms with van der Waals surface area (Å²) in [5, 5.41) is 15.8. The second-order valence-corrected chi connectivity index (χ2v) is 9.90. The van der Waals surface area contributed by atoms with Crippen molar-refractivity contribution in [1.29, 1.82) is 0 Å². The summed E-state index contributed by atoms with van der Waals surface area (Å²) in [6, 6.07) is 5.67. The number of carbonyl (C=O) groups is 2. The molecule has 0 aliphatic carbocycles. The van der Waals surface area contributed by atoms with Crippen molar-refractivity contribution >= 4 is 40.1 Å². The number of pyridine rings is 2. The van der Waals surface area contributed by atoms with E-state index in [2.05, 4.69) is 20.6 Å². The molecule has 3 N–H and O–H groups in total. The molecule has 0 aliphatic rings. The average Bonchev–Trinajstić information content (AvgIpc) is 3.39. The van der Waals surface area contributed by atoms with Crippen LogP contribution in [-0.2, 0) is 12.7 Å². The Balaban J connectivity index is 1.91. The van der Waals surface area contributed by atoms with Gasteiger partial charge in [-0.2, -0.15) is 13.2 Å². The van der Waals surface area contributed by atoms with E-state index in [1.54, 1.807) is 23.6 Å². The van der Waals surface area contributed by atoms with Gasteiger partial charge in [-0.3, -0.25) is 10.1 Å². The molecule has 0 spiro atoms. The van der Waals surface area contributed by atoms with Crippen molar-refractivity contribution in [1.82, 2.24) is 24.8 Å². The number of hydrogen-bond acceptors (Lipinski definition) is 7. The predicted molar refractivity (Wildman–Crippen MR) is 146 cm³/mol. The molecule has 0 unspecified atom stereocenters. The highest BCUT2D eigenvalue weighted by Crippen LogP contribution is 2.39. The zero-order valence-electron chi connectivity index (χ0n) is 21.7. The van der Waals surface area contributed by atoms with E-state index in [4.69, 9.17) is 0 Å². The number of carboxylic acid groups (broad SMARTS) is 1. The van der Waals surface area contributed by atoms with Gasteiger partial charge in [0.05, 0.1) is 5.52 Å². The van der Waals surface area contributed by atoms with E-state index in [0.717, 1.165) is 16.7 Å². The van der Waals surface area contributed by atoms with Gasteiger partial charge >= 0.3 is 18.2 Å². The molecule has 40 heavy (non-hydrogen) atoms. The van der Waals surface area contributed by atoms with E-state index in [-0.39, 0.29) is 21.8 Å². The third-order valence-corrected chi connectivity index (χ3v) is 6.79. The van der Waals surface area contributed by atoms with Crippen LogP contribution in [0.3, 0.4) is 0 Å². The fourth-order valence-electron chi connectivity index (χ4n) is 3.99. The van der Waals surface area contributed by atoms with E-state index in [1.807, 2.05) is 19.0 Å². The molecule has 0 atom stereocenters. The van der Waals surface area contributed by atoms with E-state index >= 15 is 0 Å². The lowest BCUT2D eigenvalue weighted by Crippen LogP contribution is -2.28. The first kappa shape index (κ1) is 28.7. The fraction of sp³-hybridized carbons (Fsp3) is 0.269. The first-order valence-electron chi connectivity index (χ1n) is 12.0. The monoisotopic (exact) mass is 574 g/mol. The van der Waals surface area contributed by atoms with Gasteiger partial charge in [0.1, 0.15) is 16.4 Å². The molecule has 3 aromatic heterocycles. The number of nitrogens with one attached hydrogen (secondary N) is 2. The molecule has 4 rings (SSSR count). The quantitative estimate of drug-likeness (QED) is 0.280. The van der Waals surface area contributed by atoms with Gasteiger partial charge in [-0.1, -0.05) is 6.07 Å². The van der Waals surface area contributed by atoms with Crippen molar-refractivity contribution in [3.63, 3.8) is 0 Å². The lowest BCUT2D eigenvalue weighted by Gasteiger charge is -2.16. The second kappa shape index (κ2) is 11.4. The standard InChI is InChI=1S/C26H25F3N6O4S/c1-4-30-25(39)33-21-10-15(23-32-20(13-40-23)26(27,28)29)17(11-31-21)14-5-6-19-16(9-14)22(36)18(24(37)38)12-35(19)8-7-34(2)3/h5-6,9-13H,4,7-8H2,1-3H3,(H,37,38)(H2,30,31,33,39). The summed E-state index contributed by atoms with van der Waals surface area (Å²) >= 11 is 0.766. The molecule has 0 radical (unpaired) electrons. The number of anilines is 1. The van der Waals surface area contributed by atoms with Crippen molar-refractivity contribution in [3.8, 4) is 21.7 Å². The maximum atomic E-state index is 13.3. The zero-order valence-corrected chi connectivity index (χ0v) is 22.5. The SMILES string of the molecule is CCNC(=O)Nc1cc(-c2nc(C(F)(F)F)cs2)c(-c2ccc3c(c2)c(=O)c(C(=O)O)cn3CCN(C)C)cn1. The van der Waals surface area contributed by atoms with Crippen molar-refractivity contribution in [2.75, 3.05) is 32.5 Å². The minimum absolute atomic E-state index is 0.0199. The van der Waals surface area contributed by atoms with Crippen molar-refractivity contribution in [2.24, 2.45) is 0 Å². The largest absolute Gasteiger partial charge is 0.477 e. The van der Waals surface area contributed by atoms with E-state index < -0.39 is 34.9 Å². The van der Waals surface area contributed by atoms with Crippen molar-refractivity contribution in [3.05, 3.63) is 63.5 Å². The summed E-state index contributed by atoms with van der Waals surface area (Å²) in [5.41, 5.74) is -0.682. The first-order valence-corrected chi connectivity index (χ1v) is 12.9. The molecule has 10 nitrogen and oxygen atoms in total. The van der Waals surface area contributed by atoms with Gasteiger partial charge in [0.25, 0.3) is 0 Å². The van der Waals surface area contributed by atoms with E-state index in [1.165, 1.54) is 24.5 Å². The summed E-state index contributed by atoms with van der Waals surface area (Å²) in [7, 11) is 3.73. The Labute approximate surface area is 230 Å². The number of nitrogens with zero attached hydrogens (tertiary/aromatic N) is 4. The molecule has 0 fully saturated rings. The first-order chi connectivity index (χ1) is 18.9. The van der Waals surface area contributed by atoms with Crippen LogP contribution in [0.5, 0.6) is 0 Å². The highest BCUT2D eigenvalue weighted by Gasteiger charge is 2.34. The van der Waals surface area contributed by atoms with Crippen molar-refractivity contribution in [2.45, 2.75) is 19.6 Å². The molecule has 2 amide bonds. The molecule has 1 aromatic carbocycles. The fourth-order valence-corrected chi connectivity index (χ4v) is 4.85. The Hall–Kier alpha value is -4.30. The smallest absolute Gasteiger partial charge is 0.434 e. The summed E-state index contributed by atoms with van der Waals surface area (Å²) in [5.74, 6) is -1.30. The number of hydrogen-bond donors (Lipinski definition) is 3. The highest BCUT2D eigenvalue weighted by molar-refractivity contribution is 7.13. The number of aromatic carboxylic acids is 1. The Morgan fingerprint density at radius 2 is 1.93 bits per heavy atom. The van der Waals surface area contributed by atoms with Crippen LogP contribution in [0.1, 0.15) is 23.0 Å². The van der Waals surface area contributed by atoms with Gasteiger partial charge in [-0.15, -0.1) is 11.3 Å². The molecule has 4 aromatic rings. The maximum absolute atomic E-state index is 13.3. The summed E-state index contributed by atoms with van der Waals surface area (Å²) in [6.07, 6.45) is -1.99. The van der Waals surface area contributed by atoms with Crippen molar-refractivity contribution < 1.29 is 27.9 Å². The second-order valence-electron chi connectivity index (χ2n) is 9.04. The molecule has 210 valence electrons. The normalized spacial score (nSPS) is 11.7. The number of thiazole rings is 1. The number of fused-ring (bicyclic) bond motifs is 1. The number of likely N-dealkylation sites (N-methyl/N-ethyl adjacent to an activating group) is 1. The lowest BCUT2D eigenvalue weighted by molar-refractivity contribution is -0.140. The summed E-state index contributed by atoms with van der Waals surface area (Å²) in [6.45, 7) is 3.06. The van der Waals surface area contributed by atoms with Crippen LogP contribution < -0.4 is 16.1 Å². The van der Waals surface area contributed by atoms with E-state index in [0.29, 0.717) is 36.3 Å². The molecular weight excluding hydrogens is 549 g/mol. The van der Waals surface area contributed by atoms with Gasteiger partial charge < -0.3 is 19.9 Å². The van der Waals surface area contributed by atoms with Crippen LogP contribution in [0.4, 0.5) is 23.8 Å². The number of aromatic nitrogens is 3. The highest BCUT2D eigenvalue weighted by atomic mass is 32.1. The minimum atomic E-state index is -4.65. The molecule has 0 saturated heterocycles. The van der Waals surface area contributed by atoms with Crippen LogP contribution in [0, 0.1) is 0 Å². The van der Waals surface area contributed by atoms with Crippen LogP contribution in [0.2, 0.25) is 0 Å². The number of carboxylic acids is 1. The Morgan fingerprint density at radius 1 is 1.18 bits per heavy atom. The number of urea groups is 1. The van der Waals surface area contributed by atoms with Gasteiger partial charge in [0.2, 0.25) is 5.43 Å². The number of halogens is 3. The van der Waals surface area contributed by atoms with Crippen LogP contribution >= 0.6 is 11.3 Å². The summed E-state index contributed by atoms with van der Waals surface area (Å²) < 4.78 is 41.7. The number of alkyl halides is 3.